The van der Waals surface area contributed by atoms with E-state index < -0.39 is 0 Å². The molecule has 2 aromatic heterocycles. The number of aryl methyl sites for hydroxylation is 1. The lowest BCUT2D eigenvalue weighted by Gasteiger charge is -2.28. The predicted octanol–water partition coefficient (Wildman–Crippen LogP) is 5.01. The molecule has 0 radical (unpaired) electrons. The summed E-state index contributed by atoms with van der Waals surface area (Å²) in [6, 6.07) is 12.5. The molecule has 1 fully saturated rings. The van der Waals surface area contributed by atoms with Gasteiger partial charge in [0, 0.05) is 34.8 Å². The molecule has 3 heterocycles. The van der Waals surface area contributed by atoms with Crippen molar-refractivity contribution in [2.24, 2.45) is 0 Å². The molecule has 2 aliphatic rings. The Morgan fingerprint density at radius 3 is 2.55 bits per heavy atom. The SMILES string of the molecule is Cc1cccc(C2CCC(c3nnc4n3-c3ccc(Cl)cc3CN(C)C4)CC2)n1. The Hall–Kier alpha value is -2.24. The minimum atomic E-state index is 0.434. The van der Waals surface area contributed by atoms with Crippen molar-refractivity contribution >= 4 is 11.6 Å². The van der Waals surface area contributed by atoms with Crippen LogP contribution in [0.25, 0.3) is 5.69 Å². The third kappa shape index (κ3) is 3.58. The molecule has 0 amide bonds. The lowest BCUT2D eigenvalue weighted by molar-refractivity contribution is 0.315. The summed E-state index contributed by atoms with van der Waals surface area (Å²) < 4.78 is 2.30. The molecule has 0 spiro atoms. The molecule has 150 valence electrons. The van der Waals surface area contributed by atoms with Crippen LogP contribution < -0.4 is 0 Å². The lowest BCUT2D eigenvalue weighted by atomic mass is 9.80. The van der Waals surface area contributed by atoms with E-state index in [0.29, 0.717) is 11.8 Å². The Morgan fingerprint density at radius 2 is 1.76 bits per heavy atom. The molecule has 0 unspecified atom stereocenters. The lowest BCUT2D eigenvalue weighted by Crippen LogP contribution is -2.17. The van der Waals surface area contributed by atoms with Gasteiger partial charge >= 0.3 is 0 Å². The number of hydrogen-bond donors (Lipinski definition) is 0. The van der Waals surface area contributed by atoms with Crippen molar-refractivity contribution in [3.8, 4) is 5.69 Å². The van der Waals surface area contributed by atoms with Gasteiger partial charge in [-0.3, -0.25) is 14.5 Å². The normalized spacial score (nSPS) is 22.0. The van der Waals surface area contributed by atoms with Crippen LogP contribution in [0.15, 0.2) is 36.4 Å². The highest BCUT2D eigenvalue weighted by atomic mass is 35.5. The maximum atomic E-state index is 6.29. The zero-order valence-electron chi connectivity index (χ0n) is 17.0. The van der Waals surface area contributed by atoms with Gasteiger partial charge in [0.2, 0.25) is 0 Å². The molecule has 1 aliphatic heterocycles. The van der Waals surface area contributed by atoms with Gasteiger partial charge in [0.05, 0.1) is 12.2 Å². The van der Waals surface area contributed by atoms with Crippen molar-refractivity contribution in [3.05, 3.63) is 70.0 Å². The molecule has 0 N–H and O–H groups in total. The molecule has 5 rings (SSSR count). The summed E-state index contributed by atoms with van der Waals surface area (Å²) >= 11 is 6.29. The highest BCUT2D eigenvalue weighted by molar-refractivity contribution is 6.30. The fraction of sp³-hybridized carbons (Fsp3) is 0.435. The standard InChI is InChI=1S/C23H26ClN5/c1-15-4-3-5-20(25-15)16-6-8-17(9-7-16)23-27-26-22-14-28(2)13-18-12-19(24)10-11-21(18)29(22)23/h3-5,10-12,16-17H,6-9,13-14H2,1-2H3. The summed E-state index contributed by atoms with van der Waals surface area (Å²) in [7, 11) is 2.12. The Bertz CT molecular complexity index is 1040. The molecule has 0 saturated heterocycles. The van der Waals surface area contributed by atoms with E-state index in [4.69, 9.17) is 16.6 Å². The smallest absolute Gasteiger partial charge is 0.151 e. The molecule has 1 saturated carbocycles. The molecular formula is C23H26ClN5. The van der Waals surface area contributed by atoms with Gasteiger partial charge in [-0.25, -0.2) is 0 Å². The maximum Gasteiger partial charge on any atom is 0.151 e. The molecule has 6 heteroatoms. The highest BCUT2D eigenvalue weighted by Gasteiger charge is 2.30. The summed E-state index contributed by atoms with van der Waals surface area (Å²) in [4.78, 5) is 7.03. The van der Waals surface area contributed by atoms with Gasteiger partial charge < -0.3 is 0 Å². The maximum absolute atomic E-state index is 6.29. The van der Waals surface area contributed by atoms with Gasteiger partial charge in [-0.15, -0.1) is 10.2 Å². The Balaban J connectivity index is 1.44. The van der Waals surface area contributed by atoms with E-state index in [-0.39, 0.29) is 0 Å². The average molecular weight is 408 g/mol. The van der Waals surface area contributed by atoms with Crippen molar-refractivity contribution in [1.82, 2.24) is 24.6 Å². The van der Waals surface area contributed by atoms with Gasteiger partial charge in [0.1, 0.15) is 5.82 Å². The van der Waals surface area contributed by atoms with Crippen molar-refractivity contribution in [2.75, 3.05) is 7.05 Å². The van der Waals surface area contributed by atoms with E-state index >= 15 is 0 Å². The second-order valence-electron chi connectivity index (χ2n) is 8.51. The van der Waals surface area contributed by atoms with Crippen molar-refractivity contribution in [3.63, 3.8) is 0 Å². The van der Waals surface area contributed by atoms with E-state index in [1.54, 1.807) is 0 Å². The summed E-state index contributed by atoms with van der Waals surface area (Å²) in [5, 5.41) is 10.0. The first-order valence-electron chi connectivity index (χ1n) is 10.4. The Kier molecular flexibility index (Phi) is 4.88. The van der Waals surface area contributed by atoms with Crippen LogP contribution >= 0.6 is 11.6 Å². The van der Waals surface area contributed by atoms with Crippen LogP contribution in [0.4, 0.5) is 0 Å². The van der Waals surface area contributed by atoms with Crippen LogP contribution in [0.3, 0.4) is 0 Å². The van der Waals surface area contributed by atoms with Gasteiger partial charge in [-0.05, 0) is 75.5 Å². The Morgan fingerprint density at radius 1 is 0.966 bits per heavy atom. The number of fused-ring (bicyclic) bond motifs is 3. The molecule has 3 aromatic rings. The number of pyridine rings is 1. The average Bonchev–Trinajstić information content (AvgIpc) is 3.05. The summed E-state index contributed by atoms with van der Waals surface area (Å²) in [6.07, 6.45) is 4.54. The number of hydrogen-bond acceptors (Lipinski definition) is 4. The molecular weight excluding hydrogens is 382 g/mol. The fourth-order valence-corrected chi connectivity index (χ4v) is 5.08. The number of benzene rings is 1. The van der Waals surface area contributed by atoms with Crippen molar-refractivity contribution < 1.29 is 0 Å². The van der Waals surface area contributed by atoms with Crippen LogP contribution in [-0.4, -0.2) is 31.7 Å². The number of aromatic nitrogens is 4. The molecule has 0 atom stereocenters. The van der Waals surface area contributed by atoms with Gasteiger partial charge in [0.15, 0.2) is 5.82 Å². The van der Waals surface area contributed by atoms with E-state index in [0.717, 1.165) is 61.1 Å². The van der Waals surface area contributed by atoms with Crippen LogP contribution in [0.2, 0.25) is 5.02 Å². The van der Waals surface area contributed by atoms with Crippen molar-refractivity contribution in [2.45, 2.75) is 57.5 Å². The monoisotopic (exact) mass is 407 g/mol. The van der Waals surface area contributed by atoms with E-state index in [1.807, 2.05) is 6.07 Å². The first kappa shape index (κ1) is 18.8. The van der Waals surface area contributed by atoms with Crippen molar-refractivity contribution in [1.29, 1.82) is 0 Å². The second-order valence-corrected chi connectivity index (χ2v) is 8.94. The van der Waals surface area contributed by atoms with Gasteiger partial charge in [-0.1, -0.05) is 17.7 Å². The molecule has 29 heavy (non-hydrogen) atoms. The van der Waals surface area contributed by atoms with Gasteiger partial charge in [-0.2, -0.15) is 0 Å². The van der Waals surface area contributed by atoms with E-state index in [9.17, 15) is 0 Å². The van der Waals surface area contributed by atoms with E-state index in [1.165, 1.54) is 16.9 Å². The third-order valence-electron chi connectivity index (χ3n) is 6.31. The zero-order valence-corrected chi connectivity index (χ0v) is 17.7. The van der Waals surface area contributed by atoms with Crippen LogP contribution in [0, 0.1) is 6.92 Å². The second kappa shape index (κ2) is 7.54. The van der Waals surface area contributed by atoms with Crippen LogP contribution in [-0.2, 0) is 13.1 Å². The Labute approximate surface area is 176 Å². The highest BCUT2D eigenvalue weighted by Crippen LogP contribution is 2.41. The molecule has 0 bridgehead atoms. The first-order valence-corrected chi connectivity index (χ1v) is 10.8. The molecule has 1 aliphatic carbocycles. The largest absolute Gasteiger partial charge is 0.295 e. The van der Waals surface area contributed by atoms with E-state index in [2.05, 4.69) is 64.0 Å². The number of rotatable bonds is 2. The zero-order chi connectivity index (χ0) is 20.0. The predicted molar refractivity (Wildman–Crippen MR) is 114 cm³/mol. The number of halogens is 1. The number of nitrogens with zero attached hydrogens (tertiary/aromatic N) is 5. The topological polar surface area (TPSA) is 46.8 Å². The molecule has 5 nitrogen and oxygen atoms in total. The summed E-state index contributed by atoms with van der Waals surface area (Å²) in [5.74, 6) is 3.11. The minimum Gasteiger partial charge on any atom is -0.295 e. The quantitative estimate of drug-likeness (QED) is 0.599. The molecule has 1 aromatic carbocycles. The fourth-order valence-electron chi connectivity index (χ4n) is 4.89. The first-order chi connectivity index (χ1) is 14.1. The third-order valence-corrected chi connectivity index (χ3v) is 6.54. The minimum absolute atomic E-state index is 0.434. The summed E-state index contributed by atoms with van der Waals surface area (Å²) in [6.45, 7) is 3.73. The van der Waals surface area contributed by atoms with Gasteiger partial charge in [0.25, 0.3) is 0 Å². The van der Waals surface area contributed by atoms with Crippen LogP contribution in [0.5, 0.6) is 0 Å². The van der Waals surface area contributed by atoms with Crippen LogP contribution in [0.1, 0.15) is 66.1 Å². The summed E-state index contributed by atoms with van der Waals surface area (Å²) in [5.41, 5.74) is 4.76.